The number of aromatic amines is 1. The van der Waals surface area contributed by atoms with Gasteiger partial charge in [-0.1, -0.05) is 36.4 Å². The SMILES string of the molecule is C[C@]1(c2ccccc2)CC(=O)N(CCC(=O)Nc2ccc3cc[nH]c3c2)C1=O. The first-order valence-electron chi connectivity index (χ1n) is 9.25. The number of rotatable bonds is 5. The van der Waals surface area contributed by atoms with Crippen molar-refractivity contribution in [2.75, 3.05) is 11.9 Å². The number of hydrogen-bond donors (Lipinski definition) is 2. The molecule has 1 aliphatic heterocycles. The number of nitrogens with one attached hydrogen (secondary N) is 2. The summed E-state index contributed by atoms with van der Waals surface area (Å²) in [6.45, 7) is 1.87. The molecule has 1 saturated heterocycles. The van der Waals surface area contributed by atoms with Gasteiger partial charge >= 0.3 is 0 Å². The van der Waals surface area contributed by atoms with Crippen molar-refractivity contribution in [1.29, 1.82) is 0 Å². The molecule has 6 heteroatoms. The maximum absolute atomic E-state index is 12.9. The predicted octanol–water partition coefficient (Wildman–Crippen LogP) is 3.21. The van der Waals surface area contributed by atoms with Crippen molar-refractivity contribution < 1.29 is 14.4 Å². The number of amides is 3. The van der Waals surface area contributed by atoms with Crippen molar-refractivity contribution in [2.24, 2.45) is 0 Å². The topological polar surface area (TPSA) is 82.3 Å². The van der Waals surface area contributed by atoms with Gasteiger partial charge < -0.3 is 10.3 Å². The molecule has 142 valence electrons. The van der Waals surface area contributed by atoms with Gasteiger partial charge in [0.05, 0.1) is 5.41 Å². The van der Waals surface area contributed by atoms with Crippen LogP contribution in [0.2, 0.25) is 0 Å². The first-order chi connectivity index (χ1) is 13.5. The molecule has 6 nitrogen and oxygen atoms in total. The van der Waals surface area contributed by atoms with E-state index >= 15 is 0 Å². The molecule has 2 N–H and O–H groups in total. The van der Waals surface area contributed by atoms with Crippen molar-refractivity contribution in [3.63, 3.8) is 0 Å². The van der Waals surface area contributed by atoms with Crippen molar-refractivity contribution in [1.82, 2.24) is 9.88 Å². The Morgan fingerprint density at radius 3 is 2.71 bits per heavy atom. The predicted molar refractivity (Wildman–Crippen MR) is 107 cm³/mol. The highest BCUT2D eigenvalue weighted by molar-refractivity contribution is 6.09. The molecule has 1 aliphatic rings. The Hall–Kier alpha value is -3.41. The third kappa shape index (κ3) is 3.17. The minimum atomic E-state index is -0.868. The average Bonchev–Trinajstić information content (AvgIpc) is 3.24. The number of likely N-dealkylation sites (tertiary alicyclic amines) is 1. The van der Waals surface area contributed by atoms with E-state index in [2.05, 4.69) is 10.3 Å². The molecule has 0 spiro atoms. The van der Waals surface area contributed by atoms with Crippen LogP contribution in [-0.4, -0.2) is 34.2 Å². The number of H-pyrrole nitrogens is 1. The smallest absolute Gasteiger partial charge is 0.240 e. The molecule has 3 amide bonds. The van der Waals surface area contributed by atoms with Gasteiger partial charge in [0, 0.05) is 36.8 Å². The molecule has 3 aromatic rings. The fourth-order valence-electron chi connectivity index (χ4n) is 3.70. The maximum Gasteiger partial charge on any atom is 0.240 e. The Balaban J connectivity index is 1.40. The summed E-state index contributed by atoms with van der Waals surface area (Å²) in [6, 6.07) is 16.9. The van der Waals surface area contributed by atoms with E-state index in [9.17, 15) is 14.4 Å². The summed E-state index contributed by atoms with van der Waals surface area (Å²) in [7, 11) is 0. The lowest BCUT2D eigenvalue weighted by atomic mass is 9.81. The summed E-state index contributed by atoms with van der Waals surface area (Å²) in [5.74, 6) is -0.721. The molecule has 4 rings (SSSR count). The number of imide groups is 1. The minimum Gasteiger partial charge on any atom is -0.361 e. The van der Waals surface area contributed by atoms with Crippen molar-refractivity contribution in [3.8, 4) is 0 Å². The molecule has 0 aliphatic carbocycles. The Kier molecular flexibility index (Phi) is 4.47. The fraction of sp³-hybridized carbons (Fsp3) is 0.227. The summed E-state index contributed by atoms with van der Waals surface area (Å²) < 4.78 is 0. The van der Waals surface area contributed by atoms with Crippen LogP contribution in [0, 0.1) is 0 Å². The first kappa shape index (κ1) is 18.0. The van der Waals surface area contributed by atoms with Gasteiger partial charge in [-0.3, -0.25) is 19.3 Å². The highest BCUT2D eigenvalue weighted by Crippen LogP contribution is 2.36. The lowest BCUT2D eigenvalue weighted by Gasteiger charge is -2.22. The van der Waals surface area contributed by atoms with Gasteiger partial charge in [-0.15, -0.1) is 0 Å². The third-order valence-corrected chi connectivity index (χ3v) is 5.34. The standard InChI is InChI=1S/C22H21N3O3/c1-22(16-5-3-2-4-6-16)14-20(27)25(21(22)28)12-10-19(26)24-17-8-7-15-9-11-23-18(15)13-17/h2-9,11,13,23H,10,12,14H2,1H3,(H,24,26)/t22-/m1/s1. The van der Waals surface area contributed by atoms with Crippen molar-refractivity contribution in [3.05, 3.63) is 66.4 Å². The van der Waals surface area contributed by atoms with Gasteiger partial charge in [0.1, 0.15) is 0 Å². The van der Waals surface area contributed by atoms with Crippen LogP contribution in [0.4, 0.5) is 5.69 Å². The van der Waals surface area contributed by atoms with Gasteiger partial charge in [-0.25, -0.2) is 0 Å². The summed E-state index contributed by atoms with van der Waals surface area (Å²) in [5.41, 5.74) is 1.56. The number of fused-ring (bicyclic) bond motifs is 1. The number of nitrogens with zero attached hydrogens (tertiary/aromatic N) is 1. The molecule has 0 radical (unpaired) electrons. The quantitative estimate of drug-likeness (QED) is 0.672. The van der Waals surface area contributed by atoms with Gasteiger partial charge in [0.15, 0.2) is 0 Å². The molecular formula is C22H21N3O3. The minimum absolute atomic E-state index is 0.0606. The average molecular weight is 375 g/mol. The lowest BCUT2D eigenvalue weighted by Crippen LogP contribution is -2.38. The van der Waals surface area contributed by atoms with Crippen LogP contribution in [0.25, 0.3) is 10.9 Å². The fourth-order valence-corrected chi connectivity index (χ4v) is 3.70. The van der Waals surface area contributed by atoms with E-state index in [4.69, 9.17) is 0 Å². The van der Waals surface area contributed by atoms with Crippen LogP contribution in [0.5, 0.6) is 0 Å². The zero-order valence-corrected chi connectivity index (χ0v) is 15.6. The monoisotopic (exact) mass is 375 g/mol. The van der Waals surface area contributed by atoms with E-state index in [-0.39, 0.29) is 37.1 Å². The number of hydrogen-bond acceptors (Lipinski definition) is 3. The molecule has 1 atom stereocenters. The van der Waals surface area contributed by atoms with Crippen molar-refractivity contribution >= 4 is 34.3 Å². The zero-order valence-electron chi connectivity index (χ0n) is 15.6. The van der Waals surface area contributed by atoms with Crippen LogP contribution < -0.4 is 5.32 Å². The Morgan fingerprint density at radius 1 is 1.14 bits per heavy atom. The second-order valence-corrected chi connectivity index (χ2v) is 7.30. The largest absolute Gasteiger partial charge is 0.361 e. The normalized spacial score (nSPS) is 19.4. The van der Waals surface area contributed by atoms with E-state index in [1.54, 1.807) is 6.92 Å². The highest BCUT2D eigenvalue weighted by atomic mass is 16.2. The third-order valence-electron chi connectivity index (χ3n) is 5.34. The second-order valence-electron chi connectivity index (χ2n) is 7.30. The number of anilines is 1. The van der Waals surface area contributed by atoms with E-state index in [1.807, 2.05) is 60.8 Å². The Morgan fingerprint density at radius 2 is 1.93 bits per heavy atom. The van der Waals surface area contributed by atoms with Gasteiger partial charge in [-0.05, 0) is 36.1 Å². The first-order valence-corrected chi connectivity index (χ1v) is 9.25. The summed E-state index contributed by atoms with van der Waals surface area (Å²) >= 11 is 0. The van der Waals surface area contributed by atoms with Crippen LogP contribution >= 0.6 is 0 Å². The molecule has 0 unspecified atom stereocenters. The molecule has 28 heavy (non-hydrogen) atoms. The Labute approximate surface area is 162 Å². The molecule has 1 aromatic heterocycles. The van der Waals surface area contributed by atoms with Gasteiger partial charge in [0.2, 0.25) is 17.7 Å². The van der Waals surface area contributed by atoms with E-state index in [0.717, 1.165) is 16.5 Å². The molecule has 2 aromatic carbocycles. The number of carbonyl (C=O) groups excluding carboxylic acids is 3. The van der Waals surface area contributed by atoms with Crippen LogP contribution in [0.3, 0.4) is 0 Å². The van der Waals surface area contributed by atoms with Gasteiger partial charge in [-0.2, -0.15) is 0 Å². The molecule has 0 bridgehead atoms. The number of carbonyl (C=O) groups is 3. The maximum atomic E-state index is 12.9. The number of benzene rings is 2. The zero-order chi connectivity index (χ0) is 19.7. The molecular weight excluding hydrogens is 354 g/mol. The summed E-state index contributed by atoms with van der Waals surface area (Å²) in [6.07, 6.45) is 2.02. The number of aromatic nitrogens is 1. The molecule has 1 fully saturated rings. The Bertz CT molecular complexity index is 1060. The van der Waals surface area contributed by atoms with E-state index in [1.165, 1.54) is 4.90 Å². The van der Waals surface area contributed by atoms with E-state index in [0.29, 0.717) is 5.69 Å². The van der Waals surface area contributed by atoms with Crippen LogP contribution in [-0.2, 0) is 19.8 Å². The highest BCUT2D eigenvalue weighted by Gasteiger charge is 2.49. The van der Waals surface area contributed by atoms with Gasteiger partial charge in [0.25, 0.3) is 0 Å². The van der Waals surface area contributed by atoms with Crippen LogP contribution in [0.15, 0.2) is 60.8 Å². The molecule has 0 saturated carbocycles. The summed E-state index contributed by atoms with van der Waals surface area (Å²) in [5, 5.41) is 3.88. The van der Waals surface area contributed by atoms with Crippen molar-refractivity contribution in [2.45, 2.75) is 25.2 Å². The van der Waals surface area contributed by atoms with E-state index < -0.39 is 5.41 Å². The molecule has 2 heterocycles. The second kappa shape index (κ2) is 6.96. The lowest BCUT2D eigenvalue weighted by molar-refractivity contribution is -0.139. The van der Waals surface area contributed by atoms with Crippen LogP contribution in [0.1, 0.15) is 25.3 Å². The summed E-state index contributed by atoms with van der Waals surface area (Å²) in [4.78, 5) is 41.9.